The SMILES string of the molecule is C/C=C(/C)C(=O)O[C@@H]1[C@@H](OC(=O)CC(C)C)[C@@H](O)[C@@]2(C)[C@@H]3C(=O)C=C(C)[C@H]2[C@@H]3C1(C)C. The number of carbonyl (C=O) groups is 3. The minimum atomic E-state index is -1.13. The van der Waals surface area contributed by atoms with Gasteiger partial charge in [-0.05, 0) is 44.6 Å². The Morgan fingerprint density at radius 3 is 2.32 bits per heavy atom. The zero-order chi connectivity index (χ0) is 23.5. The monoisotopic (exact) mass is 432 g/mol. The highest BCUT2D eigenvalue weighted by atomic mass is 16.6. The molecule has 4 bridgehead atoms. The average molecular weight is 433 g/mol. The number of rotatable bonds is 5. The largest absolute Gasteiger partial charge is 0.456 e. The van der Waals surface area contributed by atoms with Gasteiger partial charge in [0.15, 0.2) is 11.9 Å². The molecule has 0 spiro atoms. The van der Waals surface area contributed by atoms with Crippen molar-refractivity contribution in [3.63, 3.8) is 0 Å². The zero-order valence-corrected chi connectivity index (χ0v) is 19.9. The lowest BCUT2D eigenvalue weighted by molar-refractivity contribution is -0.200. The number of aliphatic hydroxyl groups excluding tert-OH is 1. The molecule has 0 radical (unpaired) electrons. The van der Waals surface area contributed by atoms with E-state index in [1.54, 1.807) is 26.0 Å². The third-order valence-corrected chi connectivity index (χ3v) is 7.90. The number of hydrogen-bond donors (Lipinski definition) is 1. The van der Waals surface area contributed by atoms with Gasteiger partial charge in [0, 0.05) is 28.7 Å². The molecule has 0 aliphatic heterocycles. The molecule has 7 atom stereocenters. The summed E-state index contributed by atoms with van der Waals surface area (Å²) in [5, 5.41) is 11.6. The van der Waals surface area contributed by atoms with Crippen LogP contribution in [0.4, 0.5) is 0 Å². The fraction of sp³-hybridized carbons (Fsp3) is 0.720. The van der Waals surface area contributed by atoms with Crippen molar-refractivity contribution >= 4 is 17.7 Å². The summed E-state index contributed by atoms with van der Waals surface area (Å²) >= 11 is 0. The maximum Gasteiger partial charge on any atom is 0.333 e. The van der Waals surface area contributed by atoms with Gasteiger partial charge < -0.3 is 14.6 Å². The van der Waals surface area contributed by atoms with Crippen LogP contribution in [0.1, 0.15) is 61.8 Å². The Labute approximate surface area is 185 Å². The second kappa shape index (κ2) is 7.88. The van der Waals surface area contributed by atoms with Crippen LogP contribution in [-0.2, 0) is 23.9 Å². The summed E-state index contributed by atoms with van der Waals surface area (Å²) in [6.07, 6.45) is 0.479. The first-order valence-electron chi connectivity index (χ1n) is 11.2. The van der Waals surface area contributed by atoms with Gasteiger partial charge in [0.25, 0.3) is 0 Å². The minimum Gasteiger partial charge on any atom is -0.456 e. The zero-order valence-electron chi connectivity index (χ0n) is 19.9. The number of hydrogen-bond acceptors (Lipinski definition) is 6. The molecule has 0 heterocycles. The van der Waals surface area contributed by atoms with E-state index in [4.69, 9.17) is 9.47 Å². The van der Waals surface area contributed by atoms with Crippen LogP contribution in [0.15, 0.2) is 23.3 Å². The number of aliphatic hydroxyl groups is 1. The minimum absolute atomic E-state index is 0.0107. The van der Waals surface area contributed by atoms with Crippen LogP contribution in [0.5, 0.6) is 0 Å². The summed E-state index contributed by atoms with van der Waals surface area (Å²) < 4.78 is 11.8. The molecule has 0 aromatic heterocycles. The first kappa shape index (κ1) is 23.7. The van der Waals surface area contributed by atoms with Crippen LogP contribution in [0.25, 0.3) is 0 Å². The Hall–Kier alpha value is -1.95. The van der Waals surface area contributed by atoms with E-state index in [9.17, 15) is 19.5 Å². The van der Waals surface area contributed by atoms with Crippen molar-refractivity contribution in [1.29, 1.82) is 0 Å². The number of carbonyl (C=O) groups excluding carboxylic acids is 3. The number of allylic oxidation sites excluding steroid dienone is 3. The van der Waals surface area contributed by atoms with Crippen molar-refractivity contribution in [1.82, 2.24) is 0 Å². The predicted molar refractivity (Wildman–Crippen MR) is 116 cm³/mol. The summed E-state index contributed by atoms with van der Waals surface area (Å²) in [5.74, 6) is -1.42. The lowest BCUT2D eigenvalue weighted by Gasteiger charge is -2.65. The Balaban J connectivity index is 2.10. The summed E-state index contributed by atoms with van der Waals surface area (Å²) in [6.45, 7) is 15.0. The second-order valence-electron chi connectivity index (χ2n) is 10.8. The molecule has 0 aromatic carbocycles. The third kappa shape index (κ3) is 3.47. The third-order valence-electron chi connectivity index (χ3n) is 7.90. The maximum atomic E-state index is 13.0. The van der Waals surface area contributed by atoms with Gasteiger partial charge in [0.1, 0.15) is 12.2 Å². The molecular formula is C25H36O6. The van der Waals surface area contributed by atoms with Gasteiger partial charge in [-0.1, -0.05) is 46.3 Å². The molecule has 3 saturated carbocycles. The van der Waals surface area contributed by atoms with E-state index in [0.29, 0.717) is 5.57 Å². The molecular weight excluding hydrogens is 396 g/mol. The van der Waals surface area contributed by atoms with Crippen LogP contribution in [0.2, 0.25) is 0 Å². The Morgan fingerprint density at radius 2 is 1.81 bits per heavy atom. The Morgan fingerprint density at radius 1 is 1.19 bits per heavy atom. The van der Waals surface area contributed by atoms with Crippen LogP contribution in [0.3, 0.4) is 0 Å². The van der Waals surface area contributed by atoms with Crippen LogP contribution in [0, 0.1) is 34.5 Å². The van der Waals surface area contributed by atoms with E-state index in [-0.39, 0.29) is 30.0 Å². The fourth-order valence-electron chi connectivity index (χ4n) is 6.27. The van der Waals surface area contributed by atoms with E-state index in [1.807, 2.05) is 41.5 Å². The molecule has 31 heavy (non-hydrogen) atoms. The maximum absolute atomic E-state index is 13.0. The van der Waals surface area contributed by atoms with Gasteiger partial charge in [0.2, 0.25) is 0 Å². The second-order valence-corrected chi connectivity index (χ2v) is 10.8. The van der Waals surface area contributed by atoms with Crippen molar-refractivity contribution in [2.75, 3.05) is 0 Å². The standard InChI is InChI=1S/C25H36O6/c1-9-13(4)23(29)31-22-20(30-16(27)10-12(2)3)21(28)25(8)17-14(5)11-15(26)18(25)19(17)24(22,6)7/h9,11-12,17-22,28H,10H2,1-8H3/b13-9-/t17-,18+,19-,20-,21+,22+,25+/m0/s1. The van der Waals surface area contributed by atoms with Crippen LogP contribution < -0.4 is 0 Å². The first-order chi connectivity index (χ1) is 14.3. The smallest absolute Gasteiger partial charge is 0.333 e. The molecule has 6 heteroatoms. The molecule has 3 fully saturated rings. The van der Waals surface area contributed by atoms with Crippen molar-refractivity contribution < 1.29 is 29.0 Å². The van der Waals surface area contributed by atoms with Crippen molar-refractivity contribution in [2.45, 2.75) is 80.1 Å². The fourth-order valence-corrected chi connectivity index (χ4v) is 6.27. The number of ether oxygens (including phenoxy) is 2. The number of fused-ring (bicyclic) bond motifs is 3. The molecule has 1 N–H and O–H groups in total. The lowest BCUT2D eigenvalue weighted by atomic mass is 9.37. The topological polar surface area (TPSA) is 89.9 Å². The summed E-state index contributed by atoms with van der Waals surface area (Å²) in [4.78, 5) is 38.4. The molecule has 0 amide bonds. The molecule has 4 aliphatic rings. The highest BCUT2D eigenvalue weighted by Gasteiger charge is 2.76. The highest BCUT2D eigenvalue weighted by molar-refractivity contribution is 5.97. The van der Waals surface area contributed by atoms with Gasteiger partial charge >= 0.3 is 11.9 Å². The van der Waals surface area contributed by atoms with Gasteiger partial charge in [-0.2, -0.15) is 0 Å². The first-order valence-corrected chi connectivity index (χ1v) is 11.2. The van der Waals surface area contributed by atoms with Crippen LogP contribution >= 0.6 is 0 Å². The molecule has 172 valence electrons. The Kier molecular flexibility index (Phi) is 6.02. The molecule has 4 rings (SSSR count). The summed E-state index contributed by atoms with van der Waals surface area (Å²) in [7, 11) is 0. The molecule has 4 aliphatic carbocycles. The van der Waals surface area contributed by atoms with Crippen molar-refractivity contribution in [2.24, 2.45) is 34.5 Å². The van der Waals surface area contributed by atoms with Gasteiger partial charge in [0.05, 0.1) is 0 Å². The van der Waals surface area contributed by atoms with Gasteiger partial charge in [-0.3, -0.25) is 9.59 Å². The number of ketones is 1. The summed E-state index contributed by atoms with van der Waals surface area (Å²) in [6, 6.07) is 0. The van der Waals surface area contributed by atoms with E-state index in [2.05, 4.69) is 0 Å². The quantitative estimate of drug-likeness (QED) is 0.527. The normalized spacial score (nSPS) is 38.7. The van der Waals surface area contributed by atoms with Gasteiger partial charge in [-0.25, -0.2) is 4.79 Å². The molecule has 6 nitrogen and oxygen atoms in total. The summed E-state index contributed by atoms with van der Waals surface area (Å²) in [5.41, 5.74) is -0.0924. The molecule has 0 aromatic rings. The van der Waals surface area contributed by atoms with Crippen molar-refractivity contribution in [3.8, 4) is 0 Å². The Bertz CT molecular complexity index is 850. The molecule has 0 unspecified atom stereocenters. The van der Waals surface area contributed by atoms with E-state index < -0.39 is 47.0 Å². The van der Waals surface area contributed by atoms with Gasteiger partial charge in [-0.15, -0.1) is 0 Å². The predicted octanol–water partition coefficient (Wildman–Crippen LogP) is 3.62. The number of esters is 2. The van der Waals surface area contributed by atoms with E-state index in [1.165, 1.54) is 0 Å². The van der Waals surface area contributed by atoms with Crippen LogP contribution in [-0.4, -0.2) is 41.1 Å². The highest BCUT2D eigenvalue weighted by Crippen LogP contribution is 2.71. The lowest BCUT2D eigenvalue weighted by Crippen LogP contribution is -2.68. The molecule has 0 saturated heterocycles. The van der Waals surface area contributed by atoms with E-state index >= 15 is 0 Å². The average Bonchev–Trinajstić information content (AvgIpc) is 2.73. The van der Waals surface area contributed by atoms with E-state index in [0.717, 1.165) is 5.57 Å². The van der Waals surface area contributed by atoms with Crippen molar-refractivity contribution in [3.05, 3.63) is 23.3 Å².